The average Bonchev–Trinajstić information content (AvgIpc) is 3.13. The molecule has 0 aromatic heterocycles. The Balaban J connectivity index is 1.47. The number of thioether (sulfide) groups is 1. The van der Waals surface area contributed by atoms with E-state index in [9.17, 15) is 9.59 Å². The van der Waals surface area contributed by atoms with Crippen molar-refractivity contribution in [3.05, 3.63) is 86.2 Å². The summed E-state index contributed by atoms with van der Waals surface area (Å²) in [6, 6.07) is 16.8. The number of hydrogen-bond acceptors (Lipinski definition) is 6. The van der Waals surface area contributed by atoms with Crippen LogP contribution in [0.1, 0.15) is 12.5 Å². The Hall–Kier alpha value is -2.75. The molecule has 1 aliphatic heterocycles. The standard InChI is InChI=1S/C26H19Cl3N2O4S2/c1-2-34-22-11-15(12-23-25(33)31(26(36)37-23)18-7-4-16(27)5-8-18)3-10-21(22)35-14-24(32)30-20-9-6-17(28)13-19(20)29/h3-13H,2,14H2,1H3,(H,30,32)/b23-12-. The van der Waals surface area contributed by atoms with E-state index in [1.54, 1.807) is 60.7 Å². The van der Waals surface area contributed by atoms with Crippen molar-refractivity contribution in [1.82, 2.24) is 0 Å². The molecule has 2 amide bonds. The van der Waals surface area contributed by atoms with E-state index in [1.165, 1.54) is 22.7 Å². The third-order valence-corrected chi connectivity index (χ3v) is 7.11. The molecule has 1 heterocycles. The van der Waals surface area contributed by atoms with Gasteiger partial charge in [-0.25, -0.2) is 0 Å². The van der Waals surface area contributed by atoms with Gasteiger partial charge in [0.1, 0.15) is 0 Å². The first-order chi connectivity index (χ1) is 17.7. The number of carbonyl (C=O) groups is 2. The van der Waals surface area contributed by atoms with E-state index in [4.69, 9.17) is 56.5 Å². The molecule has 4 rings (SSSR count). The average molecular weight is 594 g/mol. The number of benzene rings is 3. The van der Waals surface area contributed by atoms with Gasteiger partial charge in [0.15, 0.2) is 22.4 Å². The van der Waals surface area contributed by atoms with Crippen molar-refractivity contribution in [2.45, 2.75) is 6.92 Å². The molecule has 37 heavy (non-hydrogen) atoms. The summed E-state index contributed by atoms with van der Waals surface area (Å²) >= 11 is 24.6. The van der Waals surface area contributed by atoms with Gasteiger partial charge in [-0.2, -0.15) is 0 Å². The lowest BCUT2D eigenvalue weighted by Crippen LogP contribution is -2.27. The van der Waals surface area contributed by atoms with Crippen LogP contribution in [-0.2, 0) is 9.59 Å². The Bertz CT molecular complexity index is 1400. The van der Waals surface area contributed by atoms with Crippen LogP contribution in [0.4, 0.5) is 11.4 Å². The maximum atomic E-state index is 13.1. The minimum atomic E-state index is -0.401. The molecule has 0 unspecified atom stereocenters. The number of halogens is 3. The Labute approximate surface area is 238 Å². The number of anilines is 2. The van der Waals surface area contributed by atoms with Crippen LogP contribution in [-0.4, -0.2) is 29.3 Å². The van der Waals surface area contributed by atoms with Crippen LogP contribution in [0.25, 0.3) is 6.08 Å². The summed E-state index contributed by atoms with van der Waals surface area (Å²) in [4.78, 5) is 27.4. The predicted octanol–water partition coefficient (Wildman–Crippen LogP) is 7.47. The summed E-state index contributed by atoms with van der Waals surface area (Å²) < 4.78 is 11.8. The van der Waals surface area contributed by atoms with Gasteiger partial charge < -0.3 is 14.8 Å². The largest absolute Gasteiger partial charge is 0.490 e. The van der Waals surface area contributed by atoms with Gasteiger partial charge in [-0.15, -0.1) is 0 Å². The summed E-state index contributed by atoms with van der Waals surface area (Å²) in [6.45, 7) is 1.95. The van der Waals surface area contributed by atoms with Crippen molar-refractivity contribution in [3.8, 4) is 11.5 Å². The van der Waals surface area contributed by atoms with E-state index in [-0.39, 0.29) is 12.5 Å². The smallest absolute Gasteiger partial charge is 0.270 e. The second-order valence-corrected chi connectivity index (χ2v) is 10.5. The molecule has 0 aliphatic carbocycles. The van der Waals surface area contributed by atoms with Crippen LogP contribution in [0.3, 0.4) is 0 Å². The highest BCUT2D eigenvalue weighted by Crippen LogP contribution is 2.37. The highest BCUT2D eigenvalue weighted by atomic mass is 35.5. The van der Waals surface area contributed by atoms with Crippen molar-refractivity contribution < 1.29 is 19.1 Å². The van der Waals surface area contributed by atoms with Crippen molar-refractivity contribution in [2.75, 3.05) is 23.4 Å². The molecule has 0 radical (unpaired) electrons. The number of amides is 2. The summed E-state index contributed by atoms with van der Waals surface area (Å²) in [5.74, 6) is 0.182. The van der Waals surface area contributed by atoms with E-state index in [2.05, 4.69) is 5.32 Å². The Morgan fingerprint density at radius 3 is 2.43 bits per heavy atom. The molecular weight excluding hydrogens is 575 g/mol. The summed E-state index contributed by atoms with van der Waals surface area (Å²) in [5, 5.41) is 4.04. The van der Waals surface area contributed by atoms with Gasteiger partial charge in [0, 0.05) is 10.0 Å². The molecule has 1 N–H and O–H groups in total. The third-order valence-electron chi connectivity index (χ3n) is 5.01. The quantitative estimate of drug-likeness (QED) is 0.216. The highest BCUT2D eigenvalue weighted by molar-refractivity contribution is 8.27. The van der Waals surface area contributed by atoms with Gasteiger partial charge in [0.05, 0.1) is 27.9 Å². The fraction of sp³-hybridized carbons (Fsp3) is 0.115. The molecule has 1 saturated heterocycles. The van der Waals surface area contributed by atoms with Crippen molar-refractivity contribution in [3.63, 3.8) is 0 Å². The van der Waals surface area contributed by atoms with Crippen molar-refractivity contribution in [2.24, 2.45) is 0 Å². The van der Waals surface area contributed by atoms with Crippen molar-refractivity contribution >= 4 is 92.4 Å². The van der Waals surface area contributed by atoms with Crippen LogP contribution < -0.4 is 19.7 Å². The maximum absolute atomic E-state index is 13.1. The molecule has 3 aromatic rings. The number of nitrogens with zero attached hydrogens (tertiary/aromatic N) is 1. The SMILES string of the molecule is CCOc1cc(/C=C2\SC(=S)N(c3ccc(Cl)cc3)C2=O)ccc1OCC(=O)Nc1ccc(Cl)cc1Cl. The molecule has 0 saturated carbocycles. The lowest BCUT2D eigenvalue weighted by Gasteiger charge is -2.14. The first-order valence-corrected chi connectivity index (χ1v) is 13.3. The van der Waals surface area contributed by atoms with E-state index in [1.807, 2.05) is 6.92 Å². The minimum absolute atomic E-state index is 0.229. The Kier molecular flexibility index (Phi) is 9.00. The number of nitrogens with one attached hydrogen (secondary N) is 1. The van der Waals surface area contributed by atoms with E-state index < -0.39 is 5.91 Å². The van der Waals surface area contributed by atoms with Gasteiger partial charge in [0.2, 0.25) is 0 Å². The molecule has 11 heteroatoms. The number of rotatable bonds is 8. The molecule has 1 fully saturated rings. The fourth-order valence-electron chi connectivity index (χ4n) is 3.35. The molecular formula is C26H19Cl3N2O4S2. The molecule has 3 aromatic carbocycles. The van der Waals surface area contributed by atoms with Gasteiger partial charge in [-0.1, -0.05) is 64.8 Å². The highest BCUT2D eigenvalue weighted by Gasteiger charge is 2.33. The third kappa shape index (κ3) is 6.77. The minimum Gasteiger partial charge on any atom is -0.490 e. The van der Waals surface area contributed by atoms with Gasteiger partial charge in [-0.05, 0) is 73.2 Å². The molecule has 0 atom stereocenters. The van der Waals surface area contributed by atoms with E-state index >= 15 is 0 Å². The lowest BCUT2D eigenvalue weighted by molar-refractivity contribution is -0.118. The van der Waals surface area contributed by atoms with E-state index in [0.29, 0.717) is 59.3 Å². The summed E-state index contributed by atoms with van der Waals surface area (Å²) in [5.41, 5.74) is 1.79. The zero-order valence-electron chi connectivity index (χ0n) is 19.3. The van der Waals surface area contributed by atoms with Gasteiger partial charge in [-0.3, -0.25) is 14.5 Å². The number of ether oxygens (including phenoxy) is 2. The fourth-order valence-corrected chi connectivity index (χ4v) is 5.24. The Morgan fingerprint density at radius 1 is 1.00 bits per heavy atom. The lowest BCUT2D eigenvalue weighted by atomic mass is 10.1. The second kappa shape index (κ2) is 12.2. The summed E-state index contributed by atoms with van der Waals surface area (Å²) in [6.07, 6.45) is 1.73. The topological polar surface area (TPSA) is 67.9 Å². The van der Waals surface area contributed by atoms with Crippen LogP contribution in [0.5, 0.6) is 11.5 Å². The normalized spacial score (nSPS) is 14.3. The first kappa shape index (κ1) is 27.3. The zero-order chi connectivity index (χ0) is 26.5. The van der Waals surface area contributed by atoms with Gasteiger partial charge in [0.25, 0.3) is 11.8 Å². The molecule has 0 bridgehead atoms. The van der Waals surface area contributed by atoms with E-state index in [0.717, 1.165) is 0 Å². The monoisotopic (exact) mass is 592 g/mol. The molecule has 6 nitrogen and oxygen atoms in total. The van der Waals surface area contributed by atoms with Crippen molar-refractivity contribution in [1.29, 1.82) is 0 Å². The molecule has 1 aliphatic rings. The number of carbonyl (C=O) groups excluding carboxylic acids is 2. The first-order valence-electron chi connectivity index (χ1n) is 10.9. The number of thiocarbonyl (C=S) groups is 1. The maximum Gasteiger partial charge on any atom is 0.270 e. The van der Waals surface area contributed by atoms with Gasteiger partial charge >= 0.3 is 0 Å². The van der Waals surface area contributed by atoms with Crippen LogP contribution in [0, 0.1) is 0 Å². The predicted molar refractivity (Wildman–Crippen MR) is 155 cm³/mol. The molecule has 190 valence electrons. The van der Waals surface area contributed by atoms with Crippen LogP contribution in [0.15, 0.2) is 65.6 Å². The summed E-state index contributed by atoms with van der Waals surface area (Å²) in [7, 11) is 0. The zero-order valence-corrected chi connectivity index (χ0v) is 23.2. The number of hydrogen-bond donors (Lipinski definition) is 1. The van der Waals surface area contributed by atoms with Crippen LogP contribution >= 0.6 is 58.8 Å². The second-order valence-electron chi connectivity index (χ2n) is 7.59. The van der Waals surface area contributed by atoms with Crippen LogP contribution in [0.2, 0.25) is 15.1 Å². The Morgan fingerprint density at radius 2 is 1.73 bits per heavy atom. The molecule has 0 spiro atoms.